The fourth-order valence-electron chi connectivity index (χ4n) is 1.81. The van der Waals surface area contributed by atoms with E-state index in [0.717, 1.165) is 5.56 Å². The standard InChI is InChI=1S/C15H22N2O3/c1-5-20-14(19)15(3,4)9-13(18)17-11(2)12-7-6-8-16-10-12/h6-8,10-11H,5,9H2,1-4H3,(H,17,18). The van der Waals surface area contributed by atoms with Gasteiger partial charge in [-0.25, -0.2) is 0 Å². The van der Waals surface area contributed by atoms with Gasteiger partial charge in [-0.05, 0) is 39.3 Å². The second-order valence-electron chi connectivity index (χ2n) is 5.36. The van der Waals surface area contributed by atoms with E-state index >= 15 is 0 Å². The molecule has 1 rings (SSSR count). The lowest BCUT2D eigenvalue weighted by Gasteiger charge is -2.23. The van der Waals surface area contributed by atoms with Crippen molar-refractivity contribution >= 4 is 11.9 Å². The molecule has 0 spiro atoms. The number of amides is 1. The van der Waals surface area contributed by atoms with Crippen molar-refractivity contribution in [3.8, 4) is 0 Å². The van der Waals surface area contributed by atoms with Gasteiger partial charge in [0.1, 0.15) is 0 Å². The van der Waals surface area contributed by atoms with Crippen LogP contribution >= 0.6 is 0 Å². The van der Waals surface area contributed by atoms with Gasteiger partial charge in [0.05, 0.1) is 18.1 Å². The van der Waals surface area contributed by atoms with Crippen LogP contribution in [-0.4, -0.2) is 23.5 Å². The molecule has 1 atom stereocenters. The third-order valence-electron chi connectivity index (χ3n) is 2.99. The van der Waals surface area contributed by atoms with Crippen LogP contribution in [0.5, 0.6) is 0 Å². The van der Waals surface area contributed by atoms with Gasteiger partial charge in [0.25, 0.3) is 0 Å². The van der Waals surface area contributed by atoms with Gasteiger partial charge in [0, 0.05) is 18.8 Å². The van der Waals surface area contributed by atoms with E-state index in [0.29, 0.717) is 6.61 Å². The number of nitrogens with zero attached hydrogens (tertiary/aromatic N) is 1. The number of carbonyl (C=O) groups excluding carboxylic acids is 2. The van der Waals surface area contributed by atoms with Crippen molar-refractivity contribution in [3.63, 3.8) is 0 Å². The number of pyridine rings is 1. The molecule has 0 aliphatic heterocycles. The number of esters is 1. The number of hydrogen-bond donors (Lipinski definition) is 1. The largest absolute Gasteiger partial charge is 0.466 e. The molecule has 110 valence electrons. The topological polar surface area (TPSA) is 68.3 Å². The number of ether oxygens (including phenoxy) is 1. The van der Waals surface area contributed by atoms with Crippen molar-refractivity contribution < 1.29 is 14.3 Å². The molecular formula is C15H22N2O3. The molecule has 0 aliphatic rings. The molecule has 0 saturated carbocycles. The zero-order chi connectivity index (χ0) is 15.2. The Morgan fingerprint density at radius 3 is 2.70 bits per heavy atom. The van der Waals surface area contributed by atoms with E-state index < -0.39 is 5.41 Å². The van der Waals surface area contributed by atoms with Gasteiger partial charge in [0.2, 0.25) is 5.91 Å². The van der Waals surface area contributed by atoms with Crippen molar-refractivity contribution in [2.24, 2.45) is 5.41 Å². The summed E-state index contributed by atoms with van der Waals surface area (Å²) in [5.41, 5.74) is 0.101. The van der Waals surface area contributed by atoms with Crippen LogP contribution in [0.4, 0.5) is 0 Å². The predicted molar refractivity (Wildman–Crippen MR) is 75.8 cm³/mol. The lowest BCUT2D eigenvalue weighted by molar-refractivity contribution is -0.155. The third kappa shape index (κ3) is 4.64. The van der Waals surface area contributed by atoms with Gasteiger partial charge in [0.15, 0.2) is 0 Å². The Hall–Kier alpha value is -1.91. The molecule has 1 aromatic heterocycles. The molecule has 1 unspecified atom stereocenters. The van der Waals surface area contributed by atoms with Crippen LogP contribution in [0.2, 0.25) is 0 Å². The first-order valence-corrected chi connectivity index (χ1v) is 6.73. The first-order chi connectivity index (χ1) is 9.36. The Labute approximate surface area is 119 Å². The minimum absolute atomic E-state index is 0.0937. The van der Waals surface area contributed by atoms with Crippen molar-refractivity contribution in [1.82, 2.24) is 10.3 Å². The van der Waals surface area contributed by atoms with Gasteiger partial charge in [-0.3, -0.25) is 14.6 Å². The average molecular weight is 278 g/mol. The summed E-state index contributed by atoms with van der Waals surface area (Å²) in [4.78, 5) is 27.8. The summed E-state index contributed by atoms with van der Waals surface area (Å²) >= 11 is 0. The normalized spacial score (nSPS) is 12.6. The minimum atomic E-state index is -0.825. The van der Waals surface area contributed by atoms with Gasteiger partial charge in [-0.2, -0.15) is 0 Å². The molecule has 0 saturated heterocycles. The molecule has 5 heteroatoms. The Kier molecular flexibility index (Phi) is 5.67. The van der Waals surface area contributed by atoms with Crippen molar-refractivity contribution in [2.75, 3.05) is 6.61 Å². The van der Waals surface area contributed by atoms with Gasteiger partial charge in [-0.15, -0.1) is 0 Å². The maximum Gasteiger partial charge on any atom is 0.312 e. The third-order valence-corrected chi connectivity index (χ3v) is 2.99. The first-order valence-electron chi connectivity index (χ1n) is 6.73. The average Bonchev–Trinajstić information content (AvgIpc) is 2.39. The summed E-state index contributed by atoms with van der Waals surface area (Å²) in [5, 5.41) is 2.86. The summed E-state index contributed by atoms with van der Waals surface area (Å²) in [6.07, 6.45) is 3.49. The monoisotopic (exact) mass is 278 g/mol. The highest BCUT2D eigenvalue weighted by Gasteiger charge is 2.32. The fraction of sp³-hybridized carbons (Fsp3) is 0.533. The van der Waals surface area contributed by atoms with E-state index in [2.05, 4.69) is 10.3 Å². The molecule has 5 nitrogen and oxygen atoms in total. The molecule has 1 heterocycles. The molecular weight excluding hydrogens is 256 g/mol. The maximum atomic E-state index is 12.0. The Bertz CT molecular complexity index is 457. The summed E-state index contributed by atoms with van der Waals surface area (Å²) in [6.45, 7) is 7.36. The van der Waals surface area contributed by atoms with Crippen LogP contribution in [0.3, 0.4) is 0 Å². The van der Waals surface area contributed by atoms with E-state index in [9.17, 15) is 9.59 Å². The second-order valence-corrected chi connectivity index (χ2v) is 5.36. The van der Waals surface area contributed by atoms with Crippen molar-refractivity contribution in [2.45, 2.75) is 40.2 Å². The smallest absolute Gasteiger partial charge is 0.312 e. The van der Waals surface area contributed by atoms with Crippen LogP contribution in [-0.2, 0) is 14.3 Å². The van der Waals surface area contributed by atoms with E-state index in [4.69, 9.17) is 4.74 Å². The Morgan fingerprint density at radius 1 is 1.45 bits per heavy atom. The molecule has 0 bridgehead atoms. The number of rotatable bonds is 6. The summed E-state index contributed by atoms with van der Waals surface area (Å²) in [7, 11) is 0. The van der Waals surface area contributed by atoms with E-state index in [1.807, 2.05) is 19.1 Å². The van der Waals surface area contributed by atoms with Crippen LogP contribution in [0.25, 0.3) is 0 Å². The van der Waals surface area contributed by atoms with Gasteiger partial charge in [-0.1, -0.05) is 6.07 Å². The lowest BCUT2D eigenvalue weighted by atomic mass is 9.89. The quantitative estimate of drug-likeness (QED) is 0.810. The molecule has 1 N–H and O–H groups in total. The van der Waals surface area contributed by atoms with Crippen LogP contribution in [0.15, 0.2) is 24.5 Å². The first kappa shape index (κ1) is 16.1. The number of hydrogen-bond acceptors (Lipinski definition) is 4. The predicted octanol–water partition coefficient (Wildman–Crippen LogP) is 2.24. The number of aromatic nitrogens is 1. The zero-order valence-corrected chi connectivity index (χ0v) is 12.5. The summed E-state index contributed by atoms with van der Waals surface area (Å²) in [6, 6.07) is 3.57. The van der Waals surface area contributed by atoms with Gasteiger partial charge >= 0.3 is 5.97 Å². The SMILES string of the molecule is CCOC(=O)C(C)(C)CC(=O)NC(C)c1cccnc1. The minimum Gasteiger partial charge on any atom is -0.466 e. The Balaban J connectivity index is 2.57. The highest BCUT2D eigenvalue weighted by atomic mass is 16.5. The molecule has 0 fully saturated rings. The van der Waals surface area contributed by atoms with Gasteiger partial charge < -0.3 is 10.1 Å². The highest BCUT2D eigenvalue weighted by molar-refractivity contribution is 5.85. The van der Waals surface area contributed by atoms with Crippen LogP contribution < -0.4 is 5.32 Å². The molecule has 0 aliphatic carbocycles. The maximum absolute atomic E-state index is 12.0. The van der Waals surface area contributed by atoms with E-state index in [-0.39, 0.29) is 24.3 Å². The molecule has 1 aromatic rings. The zero-order valence-electron chi connectivity index (χ0n) is 12.5. The second kappa shape index (κ2) is 7.03. The molecule has 1 amide bonds. The van der Waals surface area contributed by atoms with Crippen molar-refractivity contribution in [3.05, 3.63) is 30.1 Å². The summed E-state index contributed by atoms with van der Waals surface area (Å²) < 4.78 is 4.97. The van der Waals surface area contributed by atoms with Crippen molar-refractivity contribution in [1.29, 1.82) is 0 Å². The van der Waals surface area contributed by atoms with E-state index in [1.54, 1.807) is 33.2 Å². The Morgan fingerprint density at radius 2 is 2.15 bits per heavy atom. The number of carbonyl (C=O) groups is 2. The highest BCUT2D eigenvalue weighted by Crippen LogP contribution is 2.23. The molecule has 0 radical (unpaired) electrons. The lowest BCUT2D eigenvalue weighted by Crippen LogP contribution is -2.35. The van der Waals surface area contributed by atoms with Crippen LogP contribution in [0, 0.1) is 5.41 Å². The molecule has 0 aromatic carbocycles. The van der Waals surface area contributed by atoms with E-state index in [1.165, 1.54) is 0 Å². The summed E-state index contributed by atoms with van der Waals surface area (Å²) in [5.74, 6) is -0.538. The molecule has 20 heavy (non-hydrogen) atoms. The fourth-order valence-corrected chi connectivity index (χ4v) is 1.81. The number of nitrogens with one attached hydrogen (secondary N) is 1. The van der Waals surface area contributed by atoms with Crippen LogP contribution in [0.1, 0.15) is 45.7 Å².